The number of likely N-dealkylation sites (N-methyl/N-ethyl adjacent to an activating group) is 1. The van der Waals surface area contributed by atoms with E-state index < -0.39 is 0 Å². The highest BCUT2D eigenvalue weighted by atomic mass is 35.5. The Labute approximate surface area is 135 Å². The number of halogens is 3. The standard InChI is InChI=1S/C17H18Cl2FN/c1-3-21-17(12-4-7-16(20)11(2)8-12)10-13-9-14(18)5-6-15(13)19/h4-9,17,21H,3,10H2,1-2H3. The fourth-order valence-corrected chi connectivity index (χ4v) is 2.75. The van der Waals surface area contributed by atoms with Crippen molar-refractivity contribution < 1.29 is 4.39 Å². The Morgan fingerprint density at radius 3 is 2.57 bits per heavy atom. The Morgan fingerprint density at radius 2 is 1.90 bits per heavy atom. The monoisotopic (exact) mass is 325 g/mol. The van der Waals surface area contributed by atoms with Crippen LogP contribution in [0.5, 0.6) is 0 Å². The highest BCUT2D eigenvalue weighted by molar-refractivity contribution is 6.33. The Morgan fingerprint density at radius 1 is 1.14 bits per heavy atom. The van der Waals surface area contributed by atoms with Gasteiger partial charge in [-0.15, -0.1) is 0 Å². The van der Waals surface area contributed by atoms with Gasteiger partial charge in [0.05, 0.1) is 0 Å². The first-order chi connectivity index (χ1) is 10.0. The Hall–Kier alpha value is -1.09. The minimum Gasteiger partial charge on any atom is -0.310 e. The summed E-state index contributed by atoms with van der Waals surface area (Å²) in [5, 5.41) is 4.78. The predicted molar refractivity (Wildman–Crippen MR) is 87.7 cm³/mol. The topological polar surface area (TPSA) is 12.0 Å². The van der Waals surface area contributed by atoms with Crippen LogP contribution in [0.2, 0.25) is 10.0 Å². The van der Waals surface area contributed by atoms with Gasteiger partial charge in [-0.2, -0.15) is 0 Å². The summed E-state index contributed by atoms with van der Waals surface area (Å²) in [5.74, 6) is -0.185. The van der Waals surface area contributed by atoms with E-state index in [1.54, 1.807) is 19.1 Å². The van der Waals surface area contributed by atoms with Crippen molar-refractivity contribution >= 4 is 23.2 Å². The zero-order valence-electron chi connectivity index (χ0n) is 12.1. The molecule has 1 N–H and O–H groups in total. The third kappa shape index (κ3) is 4.19. The van der Waals surface area contributed by atoms with Crippen molar-refractivity contribution in [3.05, 3.63) is 69.0 Å². The number of benzene rings is 2. The van der Waals surface area contributed by atoms with Crippen LogP contribution in [0.4, 0.5) is 4.39 Å². The summed E-state index contributed by atoms with van der Waals surface area (Å²) in [6.45, 7) is 4.64. The summed E-state index contributed by atoms with van der Waals surface area (Å²) in [6, 6.07) is 10.7. The highest BCUT2D eigenvalue weighted by Crippen LogP contribution is 2.27. The summed E-state index contributed by atoms with van der Waals surface area (Å²) in [5.41, 5.74) is 2.68. The molecule has 0 bridgehead atoms. The van der Waals surface area contributed by atoms with E-state index in [1.165, 1.54) is 6.07 Å². The molecule has 1 atom stereocenters. The highest BCUT2D eigenvalue weighted by Gasteiger charge is 2.14. The summed E-state index contributed by atoms with van der Waals surface area (Å²) in [4.78, 5) is 0. The molecule has 1 unspecified atom stereocenters. The van der Waals surface area contributed by atoms with Crippen LogP contribution < -0.4 is 5.32 Å². The Kier molecular flexibility index (Phi) is 5.63. The molecule has 1 nitrogen and oxygen atoms in total. The summed E-state index contributed by atoms with van der Waals surface area (Å²) < 4.78 is 13.4. The zero-order chi connectivity index (χ0) is 15.4. The maximum atomic E-state index is 13.4. The lowest BCUT2D eigenvalue weighted by molar-refractivity contribution is 0.546. The van der Waals surface area contributed by atoms with E-state index in [1.807, 2.05) is 25.1 Å². The summed E-state index contributed by atoms with van der Waals surface area (Å²) in [7, 11) is 0. The molecule has 0 saturated heterocycles. The van der Waals surface area contributed by atoms with Gasteiger partial charge in [-0.05, 0) is 60.8 Å². The van der Waals surface area contributed by atoms with Crippen molar-refractivity contribution in [3.8, 4) is 0 Å². The maximum Gasteiger partial charge on any atom is 0.126 e. The fraction of sp³-hybridized carbons (Fsp3) is 0.294. The van der Waals surface area contributed by atoms with Crippen LogP contribution in [0.25, 0.3) is 0 Å². The molecule has 0 saturated carbocycles. The molecule has 2 rings (SSSR count). The predicted octanol–water partition coefficient (Wildman–Crippen LogP) is 5.33. The number of hydrogen-bond donors (Lipinski definition) is 1. The van der Waals surface area contributed by atoms with Gasteiger partial charge in [-0.1, -0.05) is 42.3 Å². The van der Waals surface area contributed by atoms with E-state index in [9.17, 15) is 4.39 Å². The molecule has 2 aromatic rings. The van der Waals surface area contributed by atoms with Crippen LogP contribution in [-0.4, -0.2) is 6.54 Å². The summed E-state index contributed by atoms with van der Waals surface area (Å²) in [6.07, 6.45) is 0.707. The quantitative estimate of drug-likeness (QED) is 0.782. The summed E-state index contributed by atoms with van der Waals surface area (Å²) >= 11 is 12.3. The fourth-order valence-electron chi connectivity index (χ4n) is 2.36. The van der Waals surface area contributed by atoms with Gasteiger partial charge in [0.1, 0.15) is 5.82 Å². The second kappa shape index (κ2) is 7.26. The van der Waals surface area contributed by atoms with Crippen LogP contribution in [-0.2, 0) is 6.42 Å². The number of nitrogens with one attached hydrogen (secondary N) is 1. The molecule has 112 valence electrons. The molecule has 4 heteroatoms. The van der Waals surface area contributed by atoms with Crippen molar-refractivity contribution in [2.45, 2.75) is 26.3 Å². The minimum absolute atomic E-state index is 0.0743. The number of rotatable bonds is 5. The van der Waals surface area contributed by atoms with Crippen LogP contribution in [0, 0.1) is 12.7 Å². The molecule has 0 aliphatic carbocycles. The van der Waals surface area contributed by atoms with Gasteiger partial charge in [0.2, 0.25) is 0 Å². The molecule has 0 radical (unpaired) electrons. The first kappa shape index (κ1) is 16.3. The maximum absolute atomic E-state index is 13.4. The number of hydrogen-bond acceptors (Lipinski definition) is 1. The van der Waals surface area contributed by atoms with E-state index in [2.05, 4.69) is 5.32 Å². The zero-order valence-corrected chi connectivity index (χ0v) is 13.6. The van der Waals surface area contributed by atoms with Gasteiger partial charge in [0, 0.05) is 16.1 Å². The smallest absolute Gasteiger partial charge is 0.126 e. The molecule has 2 aromatic carbocycles. The van der Waals surface area contributed by atoms with Gasteiger partial charge in [-0.25, -0.2) is 4.39 Å². The molecule has 0 heterocycles. The molecule has 21 heavy (non-hydrogen) atoms. The molecule has 0 amide bonds. The first-order valence-electron chi connectivity index (χ1n) is 6.94. The van der Waals surface area contributed by atoms with Gasteiger partial charge in [-0.3, -0.25) is 0 Å². The van der Waals surface area contributed by atoms with Gasteiger partial charge in [0.25, 0.3) is 0 Å². The lowest BCUT2D eigenvalue weighted by Gasteiger charge is -2.20. The first-order valence-corrected chi connectivity index (χ1v) is 7.70. The van der Waals surface area contributed by atoms with Crippen LogP contribution in [0.1, 0.15) is 29.7 Å². The molecule has 0 aliphatic rings. The van der Waals surface area contributed by atoms with E-state index in [4.69, 9.17) is 23.2 Å². The van der Waals surface area contributed by atoms with Crippen molar-refractivity contribution in [3.63, 3.8) is 0 Å². The third-order valence-corrected chi connectivity index (χ3v) is 4.07. The molecule has 0 aromatic heterocycles. The Balaban J connectivity index is 2.30. The van der Waals surface area contributed by atoms with Gasteiger partial charge >= 0.3 is 0 Å². The largest absolute Gasteiger partial charge is 0.310 e. The third-order valence-electron chi connectivity index (χ3n) is 3.47. The van der Waals surface area contributed by atoms with E-state index in [0.717, 1.165) is 17.7 Å². The molecule has 0 fully saturated rings. The van der Waals surface area contributed by atoms with Crippen LogP contribution in [0.3, 0.4) is 0 Å². The van der Waals surface area contributed by atoms with E-state index in [-0.39, 0.29) is 11.9 Å². The molecular formula is C17H18Cl2FN. The van der Waals surface area contributed by atoms with Crippen molar-refractivity contribution in [2.75, 3.05) is 6.54 Å². The average molecular weight is 326 g/mol. The minimum atomic E-state index is -0.185. The van der Waals surface area contributed by atoms with Crippen molar-refractivity contribution in [1.82, 2.24) is 5.32 Å². The van der Waals surface area contributed by atoms with Gasteiger partial charge in [0.15, 0.2) is 0 Å². The number of aryl methyl sites for hydroxylation is 1. The molecule has 0 spiro atoms. The van der Waals surface area contributed by atoms with E-state index in [0.29, 0.717) is 22.0 Å². The SMILES string of the molecule is CCNC(Cc1cc(Cl)ccc1Cl)c1ccc(F)c(C)c1. The second-order valence-electron chi connectivity index (χ2n) is 5.06. The second-order valence-corrected chi connectivity index (χ2v) is 5.90. The van der Waals surface area contributed by atoms with Crippen LogP contribution in [0.15, 0.2) is 36.4 Å². The van der Waals surface area contributed by atoms with Crippen molar-refractivity contribution in [2.24, 2.45) is 0 Å². The molecule has 0 aliphatic heterocycles. The van der Waals surface area contributed by atoms with Crippen LogP contribution >= 0.6 is 23.2 Å². The Bertz CT molecular complexity index is 628. The average Bonchev–Trinajstić information content (AvgIpc) is 2.45. The lowest BCUT2D eigenvalue weighted by atomic mass is 9.97. The molecular weight excluding hydrogens is 308 g/mol. The lowest BCUT2D eigenvalue weighted by Crippen LogP contribution is -2.23. The van der Waals surface area contributed by atoms with E-state index >= 15 is 0 Å². The van der Waals surface area contributed by atoms with Crippen molar-refractivity contribution in [1.29, 1.82) is 0 Å². The normalized spacial score (nSPS) is 12.4. The van der Waals surface area contributed by atoms with Gasteiger partial charge < -0.3 is 5.32 Å².